The van der Waals surface area contributed by atoms with Crippen molar-refractivity contribution < 1.29 is 4.79 Å². The molecule has 3 aliphatic rings. The molecule has 2 aliphatic heterocycles. The van der Waals surface area contributed by atoms with E-state index < -0.39 is 0 Å². The van der Waals surface area contributed by atoms with Crippen LogP contribution in [0.25, 0.3) is 0 Å². The highest BCUT2D eigenvalue weighted by Gasteiger charge is 2.34. The summed E-state index contributed by atoms with van der Waals surface area (Å²) in [5.74, 6) is 1.77. The van der Waals surface area contributed by atoms with Gasteiger partial charge in [0.1, 0.15) is 0 Å². The van der Waals surface area contributed by atoms with Gasteiger partial charge in [0.25, 0.3) is 0 Å². The molecule has 3 nitrogen and oxygen atoms in total. The van der Waals surface area contributed by atoms with Crippen molar-refractivity contribution in [2.75, 3.05) is 0 Å². The van der Waals surface area contributed by atoms with Crippen LogP contribution in [-0.2, 0) is 4.79 Å². The number of hydrogen-bond donors (Lipinski definition) is 2. The maximum atomic E-state index is 12.2. The molecule has 1 amide bonds. The van der Waals surface area contributed by atoms with Gasteiger partial charge in [-0.1, -0.05) is 19.8 Å². The van der Waals surface area contributed by atoms with Crippen molar-refractivity contribution in [3.05, 3.63) is 0 Å². The maximum absolute atomic E-state index is 12.2. The van der Waals surface area contributed by atoms with E-state index in [0.717, 1.165) is 25.2 Å². The normalized spacial score (nSPS) is 42.1. The summed E-state index contributed by atoms with van der Waals surface area (Å²) in [6, 6.07) is 1.77. The molecule has 19 heavy (non-hydrogen) atoms. The number of carbonyl (C=O) groups is 1. The van der Waals surface area contributed by atoms with Crippen LogP contribution < -0.4 is 10.6 Å². The molecule has 3 fully saturated rings. The Bertz CT molecular complexity index is 319. The number of nitrogens with one attached hydrogen (secondary N) is 2. The molecule has 0 aromatic carbocycles. The fourth-order valence-electron chi connectivity index (χ4n) is 4.47. The maximum Gasteiger partial charge on any atom is 0.220 e. The zero-order valence-electron chi connectivity index (χ0n) is 12.2. The monoisotopic (exact) mass is 264 g/mol. The highest BCUT2D eigenvalue weighted by atomic mass is 16.1. The van der Waals surface area contributed by atoms with Gasteiger partial charge in [-0.2, -0.15) is 0 Å². The Morgan fingerprint density at radius 1 is 1.11 bits per heavy atom. The zero-order chi connectivity index (χ0) is 13.2. The molecule has 2 heterocycles. The first-order valence-corrected chi connectivity index (χ1v) is 8.24. The van der Waals surface area contributed by atoms with Crippen LogP contribution in [0.2, 0.25) is 0 Å². The van der Waals surface area contributed by atoms with Gasteiger partial charge >= 0.3 is 0 Å². The highest BCUT2D eigenvalue weighted by Crippen LogP contribution is 2.31. The van der Waals surface area contributed by atoms with Gasteiger partial charge in [0, 0.05) is 24.5 Å². The Kier molecular flexibility index (Phi) is 4.11. The van der Waals surface area contributed by atoms with Crippen molar-refractivity contribution in [2.45, 2.75) is 82.8 Å². The zero-order valence-corrected chi connectivity index (χ0v) is 12.2. The Morgan fingerprint density at radius 2 is 1.84 bits per heavy atom. The number of hydrogen-bond acceptors (Lipinski definition) is 2. The van der Waals surface area contributed by atoms with Crippen LogP contribution in [0.3, 0.4) is 0 Å². The Morgan fingerprint density at radius 3 is 2.53 bits per heavy atom. The molecule has 108 valence electrons. The molecule has 2 bridgehead atoms. The number of amides is 1. The fourth-order valence-corrected chi connectivity index (χ4v) is 4.47. The lowest BCUT2D eigenvalue weighted by atomic mass is 9.80. The summed E-state index contributed by atoms with van der Waals surface area (Å²) >= 11 is 0. The van der Waals surface area contributed by atoms with Crippen molar-refractivity contribution in [3.8, 4) is 0 Å². The molecule has 2 saturated heterocycles. The largest absolute Gasteiger partial charge is 0.353 e. The summed E-state index contributed by atoms with van der Waals surface area (Å²) in [5.41, 5.74) is 0. The molecular formula is C16H28N2O. The van der Waals surface area contributed by atoms with Gasteiger partial charge in [-0.05, 0) is 50.4 Å². The quantitative estimate of drug-likeness (QED) is 0.822. The molecule has 2 N–H and O–H groups in total. The van der Waals surface area contributed by atoms with E-state index in [9.17, 15) is 4.79 Å². The minimum absolute atomic E-state index is 0.311. The van der Waals surface area contributed by atoms with E-state index in [1.54, 1.807) is 0 Å². The molecule has 4 unspecified atom stereocenters. The summed E-state index contributed by atoms with van der Waals surface area (Å²) in [6.45, 7) is 2.33. The molecular weight excluding hydrogens is 236 g/mol. The molecule has 1 aliphatic carbocycles. The topological polar surface area (TPSA) is 41.1 Å². The Hall–Kier alpha value is -0.570. The smallest absolute Gasteiger partial charge is 0.220 e. The van der Waals surface area contributed by atoms with Crippen LogP contribution >= 0.6 is 0 Å². The van der Waals surface area contributed by atoms with Crippen LogP contribution in [0.5, 0.6) is 0 Å². The predicted molar refractivity (Wildman–Crippen MR) is 76.8 cm³/mol. The third-order valence-corrected chi connectivity index (χ3v) is 5.36. The SMILES string of the molecule is CC1CCCC(CC(=O)NC2CC3CCC(C2)N3)C1. The second-order valence-corrected chi connectivity index (χ2v) is 7.22. The van der Waals surface area contributed by atoms with Gasteiger partial charge in [-0.25, -0.2) is 0 Å². The van der Waals surface area contributed by atoms with Crippen LogP contribution in [0.4, 0.5) is 0 Å². The lowest BCUT2D eigenvalue weighted by molar-refractivity contribution is -0.123. The molecule has 0 aromatic rings. The van der Waals surface area contributed by atoms with E-state index in [1.807, 2.05) is 0 Å². The van der Waals surface area contributed by atoms with E-state index in [1.165, 1.54) is 38.5 Å². The predicted octanol–water partition coefficient (Wildman–Crippen LogP) is 2.60. The third kappa shape index (κ3) is 3.50. The number of carbonyl (C=O) groups excluding carboxylic acids is 1. The van der Waals surface area contributed by atoms with Crippen molar-refractivity contribution in [3.63, 3.8) is 0 Å². The summed E-state index contributed by atoms with van der Waals surface area (Å²) in [6.07, 6.45) is 10.8. The van der Waals surface area contributed by atoms with E-state index in [4.69, 9.17) is 0 Å². The summed E-state index contributed by atoms with van der Waals surface area (Å²) in [7, 11) is 0. The van der Waals surface area contributed by atoms with Gasteiger partial charge in [-0.15, -0.1) is 0 Å². The number of piperidine rings is 1. The van der Waals surface area contributed by atoms with Crippen LogP contribution in [-0.4, -0.2) is 24.0 Å². The van der Waals surface area contributed by atoms with Crippen molar-refractivity contribution in [2.24, 2.45) is 11.8 Å². The molecule has 1 saturated carbocycles. The second kappa shape index (κ2) is 5.82. The van der Waals surface area contributed by atoms with Crippen LogP contribution in [0.15, 0.2) is 0 Å². The van der Waals surface area contributed by atoms with Crippen molar-refractivity contribution in [1.29, 1.82) is 0 Å². The Labute approximate surface area is 116 Å². The molecule has 3 rings (SSSR count). The standard InChI is InChI=1S/C16H28N2O/c1-11-3-2-4-12(7-11)8-16(19)18-15-9-13-5-6-14(10-15)17-13/h11-15,17H,2-10H2,1H3,(H,18,19). The van der Waals surface area contributed by atoms with Crippen molar-refractivity contribution in [1.82, 2.24) is 10.6 Å². The van der Waals surface area contributed by atoms with E-state index in [0.29, 0.717) is 30.0 Å². The summed E-state index contributed by atoms with van der Waals surface area (Å²) < 4.78 is 0. The van der Waals surface area contributed by atoms with Crippen molar-refractivity contribution >= 4 is 5.91 Å². The summed E-state index contributed by atoms with van der Waals surface area (Å²) in [5, 5.41) is 6.93. The first kappa shape index (κ1) is 13.4. The van der Waals surface area contributed by atoms with Crippen LogP contribution in [0, 0.1) is 11.8 Å². The van der Waals surface area contributed by atoms with Gasteiger partial charge in [0.05, 0.1) is 0 Å². The van der Waals surface area contributed by atoms with E-state index >= 15 is 0 Å². The fraction of sp³-hybridized carbons (Fsp3) is 0.938. The molecule has 0 radical (unpaired) electrons. The van der Waals surface area contributed by atoms with E-state index in [-0.39, 0.29) is 0 Å². The van der Waals surface area contributed by atoms with Crippen LogP contribution in [0.1, 0.15) is 64.7 Å². The first-order chi connectivity index (χ1) is 9.19. The van der Waals surface area contributed by atoms with Gasteiger partial charge < -0.3 is 10.6 Å². The molecule has 0 spiro atoms. The lowest BCUT2D eigenvalue weighted by Crippen LogP contribution is -2.48. The number of rotatable bonds is 3. The Balaban J connectivity index is 1.43. The lowest BCUT2D eigenvalue weighted by Gasteiger charge is -2.31. The second-order valence-electron chi connectivity index (χ2n) is 7.22. The minimum atomic E-state index is 0.311. The summed E-state index contributed by atoms with van der Waals surface area (Å²) in [4.78, 5) is 12.2. The molecule has 3 heteroatoms. The molecule has 4 atom stereocenters. The minimum Gasteiger partial charge on any atom is -0.353 e. The average Bonchev–Trinajstić information content (AvgIpc) is 2.68. The first-order valence-electron chi connectivity index (χ1n) is 8.24. The van der Waals surface area contributed by atoms with Gasteiger partial charge in [-0.3, -0.25) is 4.79 Å². The third-order valence-electron chi connectivity index (χ3n) is 5.36. The average molecular weight is 264 g/mol. The van der Waals surface area contributed by atoms with Gasteiger partial charge in [0.2, 0.25) is 5.91 Å². The molecule has 0 aromatic heterocycles. The number of fused-ring (bicyclic) bond motifs is 2. The highest BCUT2D eigenvalue weighted by molar-refractivity contribution is 5.76. The van der Waals surface area contributed by atoms with E-state index in [2.05, 4.69) is 17.6 Å². The van der Waals surface area contributed by atoms with Gasteiger partial charge in [0.15, 0.2) is 0 Å².